The minimum absolute atomic E-state index is 0.0928. The molecule has 1 amide bonds. The SMILES string of the molecule is CC1=C(c2ccccc2)C(C)(O)N(CCc2ccccc2)C1=O. The molecule has 0 saturated heterocycles. The van der Waals surface area contributed by atoms with Gasteiger partial charge < -0.3 is 10.0 Å². The lowest BCUT2D eigenvalue weighted by molar-refractivity contribution is -0.138. The van der Waals surface area contributed by atoms with Gasteiger partial charge in [-0.3, -0.25) is 4.79 Å². The van der Waals surface area contributed by atoms with Crippen LogP contribution in [-0.4, -0.2) is 28.2 Å². The highest BCUT2D eigenvalue weighted by Gasteiger charge is 2.45. The summed E-state index contributed by atoms with van der Waals surface area (Å²) in [5, 5.41) is 11.0. The number of carbonyl (C=O) groups is 1. The molecule has 1 aliphatic rings. The highest BCUT2D eigenvalue weighted by molar-refractivity contribution is 6.07. The Hall–Kier alpha value is -2.39. The van der Waals surface area contributed by atoms with Crippen LogP contribution >= 0.6 is 0 Å². The summed E-state index contributed by atoms with van der Waals surface area (Å²) >= 11 is 0. The summed E-state index contributed by atoms with van der Waals surface area (Å²) < 4.78 is 0. The van der Waals surface area contributed by atoms with E-state index in [4.69, 9.17) is 0 Å². The van der Waals surface area contributed by atoms with E-state index >= 15 is 0 Å². The van der Waals surface area contributed by atoms with Crippen molar-refractivity contribution < 1.29 is 9.90 Å². The van der Waals surface area contributed by atoms with Gasteiger partial charge in [-0.1, -0.05) is 60.7 Å². The molecule has 1 heterocycles. The van der Waals surface area contributed by atoms with Gasteiger partial charge in [0, 0.05) is 17.7 Å². The van der Waals surface area contributed by atoms with Gasteiger partial charge in [-0.25, -0.2) is 0 Å². The van der Waals surface area contributed by atoms with Gasteiger partial charge in [0.15, 0.2) is 5.72 Å². The average Bonchev–Trinajstić information content (AvgIpc) is 2.73. The molecule has 3 nitrogen and oxygen atoms in total. The quantitative estimate of drug-likeness (QED) is 0.942. The van der Waals surface area contributed by atoms with Gasteiger partial charge in [0.05, 0.1) is 0 Å². The fourth-order valence-corrected chi connectivity index (χ4v) is 3.30. The van der Waals surface area contributed by atoms with Gasteiger partial charge in [-0.05, 0) is 31.4 Å². The normalized spacial score (nSPS) is 21.2. The van der Waals surface area contributed by atoms with Crippen molar-refractivity contribution in [2.75, 3.05) is 6.54 Å². The molecule has 0 fully saturated rings. The molecule has 0 aliphatic carbocycles. The van der Waals surface area contributed by atoms with E-state index in [0.29, 0.717) is 17.7 Å². The molecule has 2 aromatic rings. The molecule has 0 aromatic heterocycles. The van der Waals surface area contributed by atoms with E-state index in [0.717, 1.165) is 17.5 Å². The molecule has 1 atom stereocenters. The van der Waals surface area contributed by atoms with E-state index in [1.54, 1.807) is 18.7 Å². The Morgan fingerprint density at radius 3 is 2.17 bits per heavy atom. The smallest absolute Gasteiger partial charge is 0.252 e. The van der Waals surface area contributed by atoms with Crippen molar-refractivity contribution in [2.45, 2.75) is 26.0 Å². The molecule has 1 unspecified atom stereocenters. The van der Waals surface area contributed by atoms with Crippen LogP contribution in [0.25, 0.3) is 5.57 Å². The number of benzene rings is 2. The number of amides is 1. The number of aliphatic hydroxyl groups is 1. The Bertz CT molecular complexity index is 733. The lowest BCUT2D eigenvalue weighted by Crippen LogP contribution is -2.46. The maximum Gasteiger partial charge on any atom is 0.252 e. The Morgan fingerprint density at radius 1 is 1.00 bits per heavy atom. The average molecular weight is 307 g/mol. The molecular weight excluding hydrogens is 286 g/mol. The summed E-state index contributed by atoms with van der Waals surface area (Å²) in [6.07, 6.45) is 0.720. The third-order valence-electron chi connectivity index (χ3n) is 4.47. The van der Waals surface area contributed by atoms with Crippen LogP contribution in [0.5, 0.6) is 0 Å². The van der Waals surface area contributed by atoms with Crippen molar-refractivity contribution >= 4 is 11.5 Å². The third-order valence-corrected chi connectivity index (χ3v) is 4.47. The predicted molar refractivity (Wildman–Crippen MR) is 91.5 cm³/mol. The number of hydrogen-bond acceptors (Lipinski definition) is 2. The largest absolute Gasteiger partial charge is 0.367 e. The van der Waals surface area contributed by atoms with Gasteiger partial charge in [-0.2, -0.15) is 0 Å². The summed E-state index contributed by atoms with van der Waals surface area (Å²) in [4.78, 5) is 14.2. The summed E-state index contributed by atoms with van der Waals surface area (Å²) in [6.45, 7) is 3.99. The van der Waals surface area contributed by atoms with Crippen LogP contribution < -0.4 is 0 Å². The standard InChI is InChI=1S/C20H21NO2/c1-15-18(17-11-7-4-8-12-17)20(2,23)21(19(15)22)14-13-16-9-5-3-6-10-16/h3-12,23H,13-14H2,1-2H3. The third kappa shape index (κ3) is 2.80. The van der Waals surface area contributed by atoms with E-state index in [1.165, 1.54) is 0 Å². The Morgan fingerprint density at radius 2 is 1.57 bits per heavy atom. The monoisotopic (exact) mass is 307 g/mol. The van der Waals surface area contributed by atoms with Crippen LogP contribution in [0.3, 0.4) is 0 Å². The zero-order valence-electron chi connectivity index (χ0n) is 13.5. The lowest BCUT2D eigenvalue weighted by Gasteiger charge is -2.33. The first kappa shape index (κ1) is 15.5. The van der Waals surface area contributed by atoms with E-state index < -0.39 is 5.72 Å². The maximum atomic E-state index is 12.6. The molecule has 23 heavy (non-hydrogen) atoms. The van der Waals surface area contributed by atoms with Crippen molar-refractivity contribution in [2.24, 2.45) is 0 Å². The molecule has 118 valence electrons. The van der Waals surface area contributed by atoms with Crippen LogP contribution in [0, 0.1) is 0 Å². The molecule has 3 rings (SSSR count). The number of carbonyl (C=O) groups excluding carboxylic acids is 1. The molecule has 0 spiro atoms. The first-order valence-corrected chi connectivity index (χ1v) is 7.87. The fraction of sp³-hybridized carbons (Fsp3) is 0.250. The topological polar surface area (TPSA) is 40.5 Å². The van der Waals surface area contributed by atoms with Crippen molar-refractivity contribution in [3.63, 3.8) is 0 Å². The van der Waals surface area contributed by atoms with Crippen molar-refractivity contribution in [1.29, 1.82) is 0 Å². The number of nitrogens with zero attached hydrogens (tertiary/aromatic N) is 1. The van der Waals surface area contributed by atoms with Gasteiger partial charge in [-0.15, -0.1) is 0 Å². The Kier molecular flexibility index (Phi) is 4.05. The molecule has 1 N–H and O–H groups in total. The molecule has 0 saturated carbocycles. The van der Waals surface area contributed by atoms with Crippen LogP contribution in [0.1, 0.15) is 25.0 Å². The second-order valence-corrected chi connectivity index (χ2v) is 6.08. The number of rotatable bonds is 4. The lowest BCUT2D eigenvalue weighted by atomic mass is 9.95. The summed E-state index contributed by atoms with van der Waals surface area (Å²) in [5.41, 5.74) is 2.09. The summed E-state index contributed by atoms with van der Waals surface area (Å²) in [6, 6.07) is 19.6. The second-order valence-electron chi connectivity index (χ2n) is 6.08. The molecule has 3 heteroatoms. The Labute approximate surface area is 136 Å². The molecule has 1 aliphatic heterocycles. The van der Waals surface area contributed by atoms with Crippen molar-refractivity contribution in [3.05, 3.63) is 77.4 Å². The van der Waals surface area contributed by atoms with E-state index in [1.807, 2.05) is 60.7 Å². The van der Waals surface area contributed by atoms with Crippen molar-refractivity contribution in [3.8, 4) is 0 Å². The van der Waals surface area contributed by atoms with Crippen molar-refractivity contribution in [1.82, 2.24) is 4.90 Å². The molecule has 0 bridgehead atoms. The second kappa shape index (κ2) is 6.01. The van der Waals surface area contributed by atoms with Crippen LogP contribution in [-0.2, 0) is 11.2 Å². The molecular formula is C20H21NO2. The van der Waals surface area contributed by atoms with Crippen LogP contribution in [0.2, 0.25) is 0 Å². The fourth-order valence-electron chi connectivity index (χ4n) is 3.30. The highest BCUT2D eigenvalue weighted by Crippen LogP contribution is 2.39. The molecule has 2 aromatic carbocycles. The maximum absolute atomic E-state index is 12.6. The number of hydrogen-bond donors (Lipinski definition) is 1. The van der Waals surface area contributed by atoms with Gasteiger partial charge >= 0.3 is 0 Å². The predicted octanol–water partition coefficient (Wildman–Crippen LogP) is 3.25. The zero-order chi connectivity index (χ0) is 16.4. The summed E-state index contributed by atoms with van der Waals surface area (Å²) in [5.74, 6) is -0.0928. The first-order chi connectivity index (χ1) is 11.0. The van der Waals surface area contributed by atoms with Gasteiger partial charge in [0.2, 0.25) is 0 Å². The van der Waals surface area contributed by atoms with E-state index in [9.17, 15) is 9.90 Å². The summed E-state index contributed by atoms with van der Waals surface area (Å²) in [7, 11) is 0. The van der Waals surface area contributed by atoms with E-state index in [2.05, 4.69) is 0 Å². The van der Waals surface area contributed by atoms with Crippen LogP contribution in [0.4, 0.5) is 0 Å². The minimum Gasteiger partial charge on any atom is -0.367 e. The van der Waals surface area contributed by atoms with Gasteiger partial charge in [0.25, 0.3) is 5.91 Å². The zero-order valence-corrected chi connectivity index (χ0v) is 13.5. The van der Waals surface area contributed by atoms with E-state index in [-0.39, 0.29) is 5.91 Å². The Balaban J connectivity index is 1.86. The van der Waals surface area contributed by atoms with Crippen LogP contribution in [0.15, 0.2) is 66.2 Å². The molecule has 0 radical (unpaired) electrons. The minimum atomic E-state index is -1.28. The highest BCUT2D eigenvalue weighted by atomic mass is 16.3. The van der Waals surface area contributed by atoms with Gasteiger partial charge in [0.1, 0.15) is 0 Å². The first-order valence-electron chi connectivity index (χ1n) is 7.87.